The molecular formula is C21H21ClN6O. The summed E-state index contributed by atoms with van der Waals surface area (Å²) in [5.41, 5.74) is 2.45. The lowest BCUT2D eigenvalue weighted by molar-refractivity contribution is 0.181. The van der Waals surface area contributed by atoms with Gasteiger partial charge in [-0.2, -0.15) is 4.98 Å². The molecule has 2 aromatic carbocycles. The van der Waals surface area contributed by atoms with Crippen LogP contribution >= 0.6 is 11.6 Å². The van der Waals surface area contributed by atoms with E-state index in [1.54, 1.807) is 23.2 Å². The van der Waals surface area contributed by atoms with Crippen molar-refractivity contribution in [3.8, 4) is 0 Å². The Hall–Kier alpha value is -3.32. The fourth-order valence-corrected chi connectivity index (χ4v) is 3.01. The second kappa shape index (κ2) is 8.79. The average molecular weight is 409 g/mol. The summed E-state index contributed by atoms with van der Waals surface area (Å²) in [7, 11) is 0. The van der Waals surface area contributed by atoms with E-state index < -0.39 is 0 Å². The molecule has 0 radical (unpaired) electrons. The van der Waals surface area contributed by atoms with Crippen molar-refractivity contribution < 1.29 is 4.79 Å². The van der Waals surface area contributed by atoms with Gasteiger partial charge in [-0.3, -0.25) is 0 Å². The minimum Gasteiger partial charge on any atom is -0.366 e. The number of rotatable bonds is 6. The standard InChI is InChI=1S/C21H21ClN6O/c22-17-8-7-16(13-18(17)26-21(29)28-11-4-12-28)25-20-23-10-9-19(27-20)24-14-15-5-2-1-3-6-15/h1-3,5-10,13H,4,11-12,14H2,(H,26,29)(H2,23,24,25,27). The van der Waals surface area contributed by atoms with Crippen molar-refractivity contribution in [1.29, 1.82) is 0 Å². The molecule has 3 aromatic rings. The van der Waals surface area contributed by atoms with E-state index in [-0.39, 0.29) is 6.03 Å². The van der Waals surface area contributed by atoms with Gasteiger partial charge in [-0.15, -0.1) is 0 Å². The molecule has 0 atom stereocenters. The molecule has 0 saturated carbocycles. The number of benzene rings is 2. The summed E-state index contributed by atoms with van der Waals surface area (Å²) in [6.45, 7) is 2.22. The Kier molecular flexibility index (Phi) is 5.76. The van der Waals surface area contributed by atoms with Gasteiger partial charge in [0.15, 0.2) is 0 Å². The third kappa shape index (κ3) is 4.94. The summed E-state index contributed by atoms with van der Waals surface area (Å²) in [4.78, 5) is 22.6. The molecule has 1 saturated heterocycles. The molecule has 1 aliphatic heterocycles. The molecule has 2 amide bonds. The summed E-state index contributed by atoms with van der Waals surface area (Å²) in [6.07, 6.45) is 2.72. The van der Waals surface area contributed by atoms with Crippen molar-refractivity contribution in [2.75, 3.05) is 29.0 Å². The van der Waals surface area contributed by atoms with Crippen LogP contribution in [0.3, 0.4) is 0 Å². The van der Waals surface area contributed by atoms with Crippen LogP contribution in [0.15, 0.2) is 60.8 Å². The number of hydrogen-bond donors (Lipinski definition) is 3. The number of aromatic nitrogens is 2. The fourth-order valence-electron chi connectivity index (χ4n) is 2.85. The predicted octanol–water partition coefficient (Wildman–Crippen LogP) is 4.72. The van der Waals surface area contributed by atoms with E-state index in [1.165, 1.54) is 5.56 Å². The van der Waals surface area contributed by atoms with Gasteiger partial charge in [-0.1, -0.05) is 41.9 Å². The number of nitrogens with zero attached hydrogens (tertiary/aromatic N) is 3. The summed E-state index contributed by atoms with van der Waals surface area (Å²) in [6, 6.07) is 17.1. The molecule has 0 aliphatic carbocycles. The largest absolute Gasteiger partial charge is 0.366 e. The number of nitrogens with one attached hydrogen (secondary N) is 3. The number of halogens is 1. The zero-order valence-electron chi connectivity index (χ0n) is 15.7. The molecule has 0 bridgehead atoms. The third-order valence-corrected chi connectivity index (χ3v) is 4.91. The Labute approximate surface area is 174 Å². The molecule has 0 spiro atoms. The number of carbonyl (C=O) groups is 1. The predicted molar refractivity (Wildman–Crippen MR) is 116 cm³/mol. The number of urea groups is 1. The Bertz CT molecular complexity index is 993. The zero-order valence-corrected chi connectivity index (χ0v) is 16.5. The lowest BCUT2D eigenvalue weighted by Gasteiger charge is -2.31. The van der Waals surface area contributed by atoms with Crippen LogP contribution < -0.4 is 16.0 Å². The highest BCUT2D eigenvalue weighted by atomic mass is 35.5. The van der Waals surface area contributed by atoms with Crippen LogP contribution in [0.25, 0.3) is 0 Å². The summed E-state index contributed by atoms with van der Waals surface area (Å²) in [5.74, 6) is 1.16. The molecule has 7 nitrogen and oxygen atoms in total. The first-order valence-corrected chi connectivity index (χ1v) is 9.78. The van der Waals surface area contributed by atoms with Gasteiger partial charge in [0.25, 0.3) is 0 Å². The Morgan fingerprint density at radius 2 is 1.93 bits per heavy atom. The van der Waals surface area contributed by atoms with Crippen LogP contribution in [0.1, 0.15) is 12.0 Å². The fraction of sp³-hybridized carbons (Fsp3) is 0.190. The number of hydrogen-bond acceptors (Lipinski definition) is 5. The van der Waals surface area contributed by atoms with Crippen molar-refractivity contribution in [3.05, 3.63) is 71.4 Å². The van der Waals surface area contributed by atoms with Crippen molar-refractivity contribution >= 4 is 40.8 Å². The smallest absolute Gasteiger partial charge is 0.321 e. The van der Waals surface area contributed by atoms with Crippen LogP contribution in [-0.4, -0.2) is 34.0 Å². The zero-order chi connectivity index (χ0) is 20.1. The van der Waals surface area contributed by atoms with E-state index in [9.17, 15) is 4.79 Å². The highest BCUT2D eigenvalue weighted by Gasteiger charge is 2.20. The van der Waals surface area contributed by atoms with Gasteiger partial charge in [0.1, 0.15) is 5.82 Å². The minimum absolute atomic E-state index is 0.140. The highest BCUT2D eigenvalue weighted by molar-refractivity contribution is 6.33. The van der Waals surface area contributed by atoms with Gasteiger partial charge in [0.2, 0.25) is 5.95 Å². The van der Waals surface area contributed by atoms with Gasteiger partial charge in [0, 0.05) is 31.5 Å². The quantitative estimate of drug-likeness (QED) is 0.549. The first kappa shape index (κ1) is 19.0. The molecule has 8 heteroatoms. The Morgan fingerprint density at radius 3 is 2.69 bits per heavy atom. The van der Waals surface area contributed by atoms with E-state index in [2.05, 4.69) is 38.1 Å². The molecule has 0 unspecified atom stereocenters. The van der Waals surface area contributed by atoms with Gasteiger partial charge >= 0.3 is 6.03 Å². The van der Waals surface area contributed by atoms with Crippen molar-refractivity contribution in [3.63, 3.8) is 0 Å². The number of amides is 2. The van der Waals surface area contributed by atoms with Crippen LogP contribution in [0.2, 0.25) is 5.02 Å². The first-order chi connectivity index (χ1) is 14.2. The lowest BCUT2D eigenvalue weighted by atomic mass is 10.2. The molecule has 1 aliphatic rings. The molecule has 3 N–H and O–H groups in total. The Balaban J connectivity index is 1.42. The molecular weight excluding hydrogens is 388 g/mol. The molecule has 4 rings (SSSR count). The van der Waals surface area contributed by atoms with Gasteiger partial charge < -0.3 is 20.9 Å². The van der Waals surface area contributed by atoms with E-state index in [0.717, 1.165) is 25.2 Å². The van der Waals surface area contributed by atoms with E-state index >= 15 is 0 Å². The molecule has 29 heavy (non-hydrogen) atoms. The van der Waals surface area contributed by atoms with E-state index in [0.29, 0.717) is 29.0 Å². The van der Waals surface area contributed by atoms with Crippen LogP contribution in [0.4, 0.5) is 27.9 Å². The normalized spacial score (nSPS) is 12.8. The molecule has 1 aromatic heterocycles. The monoisotopic (exact) mass is 408 g/mol. The van der Waals surface area contributed by atoms with Crippen molar-refractivity contribution in [2.24, 2.45) is 0 Å². The number of likely N-dealkylation sites (tertiary alicyclic amines) is 1. The van der Waals surface area contributed by atoms with Crippen molar-refractivity contribution in [1.82, 2.24) is 14.9 Å². The lowest BCUT2D eigenvalue weighted by Crippen LogP contribution is -2.44. The molecule has 2 heterocycles. The SMILES string of the molecule is O=C(Nc1cc(Nc2nccc(NCc3ccccc3)n2)ccc1Cl)N1CCC1. The highest BCUT2D eigenvalue weighted by Crippen LogP contribution is 2.27. The number of anilines is 4. The maximum Gasteiger partial charge on any atom is 0.321 e. The third-order valence-electron chi connectivity index (χ3n) is 4.58. The van der Waals surface area contributed by atoms with Crippen LogP contribution in [0.5, 0.6) is 0 Å². The van der Waals surface area contributed by atoms with Crippen molar-refractivity contribution in [2.45, 2.75) is 13.0 Å². The summed E-state index contributed by atoms with van der Waals surface area (Å²) >= 11 is 6.23. The first-order valence-electron chi connectivity index (χ1n) is 9.41. The molecule has 1 fully saturated rings. The average Bonchev–Trinajstić information content (AvgIpc) is 2.69. The van der Waals surface area contributed by atoms with Gasteiger partial charge in [0.05, 0.1) is 10.7 Å². The van der Waals surface area contributed by atoms with Crippen LogP contribution in [-0.2, 0) is 6.54 Å². The topological polar surface area (TPSA) is 82.2 Å². The summed E-state index contributed by atoms with van der Waals surface area (Å²) < 4.78 is 0. The second-order valence-electron chi connectivity index (χ2n) is 6.70. The maximum absolute atomic E-state index is 12.2. The number of carbonyl (C=O) groups excluding carboxylic acids is 1. The Morgan fingerprint density at radius 1 is 1.10 bits per heavy atom. The maximum atomic E-state index is 12.2. The van der Waals surface area contributed by atoms with E-state index in [1.807, 2.05) is 30.3 Å². The molecule has 148 valence electrons. The van der Waals surface area contributed by atoms with Gasteiger partial charge in [-0.05, 0) is 36.2 Å². The van der Waals surface area contributed by atoms with E-state index in [4.69, 9.17) is 11.6 Å². The minimum atomic E-state index is -0.140. The second-order valence-corrected chi connectivity index (χ2v) is 7.10. The van der Waals surface area contributed by atoms with Gasteiger partial charge in [-0.25, -0.2) is 9.78 Å². The summed E-state index contributed by atoms with van der Waals surface area (Å²) in [5, 5.41) is 9.76. The van der Waals surface area contributed by atoms with Crippen LogP contribution in [0, 0.1) is 0 Å².